The molecule has 1 aromatic rings. The summed E-state index contributed by atoms with van der Waals surface area (Å²) in [6.07, 6.45) is -1.51. The molecule has 20 heavy (non-hydrogen) atoms. The average molecular weight is 289 g/mol. The first-order valence-corrected chi connectivity index (χ1v) is 6.56. The van der Waals surface area contributed by atoms with E-state index in [2.05, 4.69) is 0 Å². The maximum absolute atomic E-state index is 13.0. The van der Waals surface area contributed by atoms with E-state index in [0.29, 0.717) is 6.42 Å². The summed E-state index contributed by atoms with van der Waals surface area (Å²) in [5, 5.41) is 0. The van der Waals surface area contributed by atoms with Crippen molar-refractivity contribution in [1.29, 1.82) is 0 Å². The van der Waals surface area contributed by atoms with Gasteiger partial charge in [0.2, 0.25) is 0 Å². The normalized spacial score (nSPS) is 23.6. The molecule has 0 amide bonds. The fourth-order valence-electron chi connectivity index (χ4n) is 2.47. The van der Waals surface area contributed by atoms with Crippen molar-refractivity contribution in [3.8, 4) is 5.75 Å². The molecule has 0 heterocycles. The lowest BCUT2D eigenvalue weighted by Crippen LogP contribution is -2.30. The molecule has 2 atom stereocenters. The van der Waals surface area contributed by atoms with Crippen LogP contribution in [0.1, 0.15) is 31.2 Å². The Balaban J connectivity index is 2.16. The first kappa shape index (κ1) is 15.0. The number of hydrogen-bond acceptors (Lipinski definition) is 3. The van der Waals surface area contributed by atoms with Crippen LogP contribution in [0.4, 0.5) is 18.9 Å². The van der Waals surface area contributed by atoms with Gasteiger partial charge in [-0.3, -0.25) is 0 Å². The van der Waals surface area contributed by atoms with Gasteiger partial charge in [0.1, 0.15) is 11.9 Å². The van der Waals surface area contributed by atoms with Crippen molar-refractivity contribution in [1.82, 2.24) is 0 Å². The molecule has 1 saturated carbocycles. The zero-order valence-corrected chi connectivity index (χ0v) is 11.2. The molecule has 6 heteroatoms. The van der Waals surface area contributed by atoms with Gasteiger partial charge >= 0.3 is 6.18 Å². The highest BCUT2D eigenvalue weighted by Crippen LogP contribution is 2.38. The molecule has 3 nitrogen and oxygen atoms in total. The number of halogens is 3. The van der Waals surface area contributed by atoms with Crippen LogP contribution in [0.25, 0.3) is 0 Å². The van der Waals surface area contributed by atoms with Crippen molar-refractivity contribution in [3.05, 3.63) is 23.8 Å². The highest BCUT2D eigenvalue weighted by Gasteiger charge is 2.35. The molecule has 2 rings (SSSR count). The molecule has 0 bridgehead atoms. The van der Waals surface area contributed by atoms with Gasteiger partial charge in [-0.05, 0) is 37.5 Å². The van der Waals surface area contributed by atoms with Gasteiger partial charge in [0.25, 0.3) is 0 Å². The number of benzene rings is 1. The summed E-state index contributed by atoms with van der Waals surface area (Å²) in [6.45, 7) is 0. The van der Waals surface area contributed by atoms with E-state index in [1.807, 2.05) is 0 Å². The molecule has 1 aromatic carbocycles. The number of hydrogen-bond donors (Lipinski definition) is 1. The van der Waals surface area contributed by atoms with Crippen LogP contribution in [0.15, 0.2) is 18.2 Å². The van der Waals surface area contributed by atoms with Gasteiger partial charge in [0.05, 0.1) is 11.7 Å². The Morgan fingerprint density at radius 3 is 2.55 bits per heavy atom. The summed E-state index contributed by atoms with van der Waals surface area (Å²) in [6, 6.07) is 3.61. The van der Waals surface area contributed by atoms with Crippen molar-refractivity contribution in [2.45, 2.75) is 44.1 Å². The van der Waals surface area contributed by atoms with Crippen LogP contribution in [0.2, 0.25) is 0 Å². The third kappa shape index (κ3) is 3.56. The summed E-state index contributed by atoms with van der Waals surface area (Å²) in [5.41, 5.74) is 4.68. The molecule has 2 N–H and O–H groups in total. The van der Waals surface area contributed by atoms with Gasteiger partial charge in [-0.25, -0.2) is 0 Å². The summed E-state index contributed by atoms with van der Waals surface area (Å²) in [7, 11) is 1.61. The van der Waals surface area contributed by atoms with Gasteiger partial charge in [-0.2, -0.15) is 13.2 Å². The van der Waals surface area contributed by atoms with E-state index in [-0.39, 0.29) is 23.6 Å². The lowest BCUT2D eigenvalue weighted by Gasteiger charge is -2.29. The molecule has 112 valence electrons. The fraction of sp³-hybridized carbons (Fsp3) is 0.571. The molecule has 1 fully saturated rings. The Morgan fingerprint density at radius 2 is 1.90 bits per heavy atom. The molecule has 1 aliphatic rings. The number of anilines is 1. The minimum absolute atomic E-state index is 0.0527. The van der Waals surface area contributed by atoms with Crippen LogP contribution in [0.3, 0.4) is 0 Å². The van der Waals surface area contributed by atoms with Crippen molar-refractivity contribution in [2.75, 3.05) is 12.8 Å². The Kier molecular flexibility index (Phi) is 4.42. The lowest BCUT2D eigenvalue weighted by atomic mass is 9.95. The molecule has 2 unspecified atom stereocenters. The summed E-state index contributed by atoms with van der Waals surface area (Å²) < 4.78 is 49.7. The third-order valence-corrected chi connectivity index (χ3v) is 3.51. The van der Waals surface area contributed by atoms with Crippen molar-refractivity contribution < 1.29 is 22.6 Å². The van der Waals surface area contributed by atoms with Crippen LogP contribution in [-0.4, -0.2) is 19.3 Å². The van der Waals surface area contributed by atoms with E-state index in [4.69, 9.17) is 15.2 Å². The number of ether oxygens (including phenoxy) is 2. The highest BCUT2D eigenvalue weighted by atomic mass is 19.4. The molecule has 0 saturated heterocycles. The van der Waals surface area contributed by atoms with Crippen molar-refractivity contribution >= 4 is 5.69 Å². The van der Waals surface area contributed by atoms with E-state index in [1.165, 1.54) is 12.1 Å². The number of rotatable bonds is 3. The Morgan fingerprint density at radius 1 is 1.20 bits per heavy atom. The van der Waals surface area contributed by atoms with Crippen LogP contribution in [0, 0.1) is 0 Å². The molecule has 1 aliphatic carbocycles. The Hall–Kier alpha value is -1.43. The Labute approximate surface area is 115 Å². The first-order valence-electron chi connectivity index (χ1n) is 6.56. The molecule has 0 aromatic heterocycles. The Bertz CT molecular complexity index is 462. The second-order valence-corrected chi connectivity index (χ2v) is 5.02. The summed E-state index contributed by atoms with van der Waals surface area (Å²) in [5.74, 6) is -0.159. The number of nitrogens with two attached hydrogens (primary N) is 1. The monoisotopic (exact) mass is 289 g/mol. The van der Waals surface area contributed by atoms with E-state index in [9.17, 15) is 13.2 Å². The quantitative estimate of drug-likeness (QED) is 0.864. The van der Waals surface area contributed by atoms with E-state index in [1.54, 1.807) is 7.11 Å². The SMILES string of the molecule is COC1CCCC(Oc2ccc(N)cc2C(F)(F)F)C1. The average Bonchev–Trinajstić information content (AvgIpc) is 2.40. The van der Waals surface area contributed by atoms with Crippen molar-refractivity contribution in [3.63, 3.8) is 0 Å². The molecular weight excluding hydrogens is 271 g/mol. The van der Waals surface area contributed by atoms with Crippen LogP contribution in [0.5, 0.6) is 5.75 Å². The largest absolute Gasteiger partial charge is 0.490 e. The van der Waals surface area contributed by atoms with Gasteiger partial charge in [-0.15, -0.1) is 0 Å². The maximum atomic E-state index is 13.0. The standard InChI is InChI=1S/C14H18F3NO2/c1-19-10-3-2-4-11(8-10)20-13-6-5-9(18)7-12(13)14(15,16)17/h5-7,10-11H,2-4,8,18H2,1H3. The second kappa shape index (κ2) is 5.91. The summed E-state index contributed by atoms with van der Waals surface area (Å²) >= 11 is 0. The number of methoxy groups -OCH3 is 1. The van der Waals surface area contributed by atoms with Gasteiger partial charge in [0, 0.05) is 19.2 Å². The molecule has 0 aliphatic heterocycles. The van der Waals surface area contributed by atoms with Crippen LogP contribution >= 0.6 is 0 Å². The van der Waals surface area contributed by atoms with E-state index < -0.39 is 11.7 Å². The van der Waals surface area contributed by atoms with Crippen LogP contribution < -0.4 is 10.5 Å². The smallest absolute Gasteiger partial charge is 0.420 e. The van der Waals surface area contributed by atoms with E-state index in [0.717, 1.165) is 25.3 Å². The lowest BCUT2D eigenvalue weighted by molar-refractivity contribution is -0.139. The fourth-order valence-corrected chi connectivity index (χ4v) is 2.47. The highest BCUT2D eigenvalue weighted by molar-refractivity contribution is 5.49. The van der Waals surface area contributed by atoms with Crippen molar-refractivity contribution in [2.24, 2.45) is 0 Å². The van der Waals surface area contributed by atoms with Gasteiger partial charge in [0.15, 0.2) is 0 Å². The van der Waals surface area contributed by atoms with Gasteiger partial charge < -0.3 is 15.2 Å². The minimum atomic E-state index is -4.47. The number of alkyl halides is 3. The minimum Gasteiger partial charge on any atom is -0.490 e. The predicted octanol–water partition coefficient (Wildman–Crippen LogP) is 3.62. The van der Waals surface area contributed by atoms with Gasteiger partial charge in [-0.1, -0.05) is 0 Å². The molecular formula is C14H18F3NO2. The summed E-state index contributed by atoms with van der Waals surface area (Å²) in [4.78, 5) is 0. The molecule has 0 spiro atoms. The maximum Gasteiger partial charge on any atom is 0.420 e. The van der Waals surface area contributed by atoms with E-state index >= 15 is 0 Å². The predicted molar refractivity (Wildman–Crippen MR) is 69.5 cm³/mol. The number of nitrogen functional groups attached to an aromatic ring is 1. The first-order chi connectivity index (χ1) is 9.40. The molecule has 0 radical (unpaired) electrons. The zero-order chi connectivity index (χ0) is 14.8. The topological polar surface area (TPSA) is 44.5 Å². The zero-order valence-electron chi connectivity index (χ0n) is 11.2. The second-order valence-electron chi connectivity index (χ2n) is 5.02. The third-order valence-electron chi connectivity index (χ3n) is 3.51. The van der Waals surface area contributed by atoms with Crippen LogP contribution in [-0.2, 0) is 10.9 Å².